The summed E-state index contributed by atoms with van der Waals surface area (Å²) in [4.78, 5) is 24.3. The lowest BCUT2D eigenvalue weighted by molar-refractivity contribution is -0.120. The normalized spacial score (nSPS) is 11.6. The van der Waals surface area contributed by atoms with E-state index in [0.717, 1.165) is 5.56 Å². The molecule has 0 saturated heterocycles. The number of benzene rings is 2. The summed E-state index contributed by atoms with van der Waals surface area (Å²) in [5.41, 5.74) is 1.21. The van der Waals surface area contributed by atoms with E-state index in [0.29, 0.717) is 35.1 Å². The third kappa shape index (κ3) is 4.60. The molecule has 0 spiro atoms. The minimum Gasteiger partial charge on any atom is -0.497 e. The minimum atomic E-state index is -0.398. The molecule has 0 saturated carbocycles. The van der Waals surface area contributed by atoms with E-state index in [1.165, 1.54) is 14.2 Å². The molecule has 0 aromatic heterocycles. The summed E-state index contributed by atoms with van der Waals surface area (Å²) < 4.78 is 20.8. The number of ether oxygens (including phenoxy) is 4. The Morgan fingerprint density at radius 2 is 1.67 bits per heavy atom. The molecule has 1 heterocycles. The first-order valence-corrected chi connectivity index (χ1v) is 8.25. The van der Waals surface area contributed by atoms with Gasteiger partial charge >= 0.3 is 0 Å². The maximum Gasteiger partial charge on any atom is 0.251 e. The molecule has 8 nitrogen and oxygen atoms in total. The van der Waals surface area contributed by atoms with Gasteiger partial charge in [-0.2, -0.15) is 0 Å². The van der Waals surface area contributed by atoms with Crippen LogP contribution in [-0.4, -0.2) is 39.4 Å². The van der Waals surface area contributed by atoms with Crippen LogP contribution < -0.4 is 29.6 Å². The fourth-order valence-electron chi connectivity index (χ4n) is 2.52. The van der Waals surface area contributed by atoms with Crippen LogP contribution in [-0.2, 0) is 11.3 Å². The van der Waals surface area contributed by atoms with Crippen LogP contribution in [0.3, 0.4) is 0 Å². The van der Waals surface area contributed by atoms with Crippen molar-refractivity contribution in [3.63, 3.8) is 0 Å². The summed E-state index contributed by atoms with van der Waals surface area (Å²) >= 11 is 0. The van der Waals surface area contributed by atoms with Gasteiger partial charge in [-0.05, 0) is 29.8 Å². The first-order chi connectivity index (χ1) is 13.1. The van der Waals surface area contributed by atoms with Gasteiger partial charge in [-0.25, -0.2) is 0 Å². The van der Waals surface area contributed by atoms with E-state index < -0.39 is 5.91 Å². The summed E-state index contributed by atoms with van der Waals surface area (Å²) in [6, 6.07) is 10.2. The van der Waals surface area contributed by atoms with Gasteiger partial charge in [-0.1, -0.05) is 6.07 Å². The van der Waals surface area contributed by atoms with E-state index in [-0.39, 0.29) is 19.2 Å². The van der Waals surface area contributed by atoms with E-state index in [1.807, 2.05) is 12.1 Å². The van der Waals surface area contributed by atoms with Crippen LogP contribution in [0.1, 0.15) is 15.9 Å². The van der Waals surface area contributed by atoms with E-state index >= 15 is 0 Å². The highest BCUT2D eigenvalue weighted by Crippen LogP contribution is 2.32. The standard InChI is InChI=1S/C19H20N2O6/c1-24-14-6-13(7-15(8-14)25-2)19(23)21-10-18(22)20-9-12-3-4-16-17(5-12)27-11-26-16/h3-8H,9-11H2,1-2H3,(H,20,22)(H,21,23). The molecule has 2 aromatic rings. The predicted molar refractivity (Wildman–Crippen MR) is 96.3 cm³/mol. The number of carbonyl (C=O) groups excluding carboxylic acids is 2. The van der Waals surface area contributed by atoms with E-state index in [2.05, 4.69) is 10.6 Å². The summed E-state index contributed by atoms with van der Waals surface area (Å²) in [5.74, 6) is 1.62. The Morgan fingerprint density at radius 3 is 2.37 bits per heavy atom. The lowest BCUT2D eigenvalue weighted by Gasteiger charge is -2.10. The van der Waals surface area contributed by atoms with Crippen molar-refractivity contribution in [2.24, 2.45) is 0 Å². The lowest BCUT2D eigenvalue weighted by atomic mass is 10.2. The van der Waals surface area contributed by atoms with Gasteiger partial charge in [0.05, 0.1) is 20.8 Å². The van der Waals surface area contributed by atoms with Gasteiger partial charge < -0.3 is 29.6 Å². The van der Waals surface area contributed by atoms with Crippen molar-refractivity contribution < 1.29 is 28.5 Å². The molecule has 1 aliphatic rings. The Morgan fingerprint density at radius 1 is 0.963 bits per heavy atom. The molecule has 0 unspecified atom stereocenters. The van der Waals surface area contributed by atoms with Crippen molar-refractivity contribution in [2.75, 3.05) is 27.6 Å². The van der Waals surface area contributed by atoms with Gasteiger partial charge in [0.15, 0.2) is 11.5 Å². The third-order valence-corrected chi connectivity index (χ3v) is 3.95. The molecule has 2 aromatic carbocycles. The second-order valence-corrected chi connectivity index (χ2v) is 5.75. The Bertz CT molecular complexity index is 830. The van der Waals surface area contributed by atoms with Crippen LogP contribution in [0.25, 0.3) is 0 Å². The van der Waals surface area contributed by atoms with Crippen molar-refractivity contribution in [1.82, 2.24) is 10.6 Å². The van der Waals surface area contributed by atoms with Crippen LogP contribution in [0, 0.1) is 0 Å². The first-order valence-electron chi connectivity index (χ1n) is 8.25. The van der Waals surface area contributed by atoms with Gasteiger partial charge in [0.1, 0.15) is 11.5 Å². The van der Waals surface area contributed by atoms with Gasteiger partial charge in [0, 0.05) is 18.2 Å². The first kappa shape index (κ1) is 18.4. The van der Waals surface area contributed by atoms with Crippen molar-refractivity contribution in [1.29, 1.82) is 0 Å². The molecule has 2 N–H and O–H groups in total. The quantitative estimate of drug-likeness (QED) is 0.764. The van der Waals surface area contributed by atoms with Gasteiger partial charge in [0.25, 0.3) is 5.91 Å². The van der Waals surface area contributed by atoms with Crippen LogP contribution in [0.2, 0.25) is 0 Å². The molecule has 0 atom stereocenters. The minimum absolute atomic E-state index is 0.150. The van der Waals surface area contributed by atoms with Crippen LogP contribution in [0.5, 0.6) is 23.0 Å². The number of fused-ring (bicyclic) bond motifs is 1. The molecule has 2 amide bonds. The SMILES string of the molecule is COc1cc(OC)cc(C(=O)NCC(=O)NCc2ccc3c(c2)OCO3)c1. The molecular formula is C19H20N2O6. The number of amides is 2. The zero-order chi connectivity index (χ0) is 19.2. The number of methoxy groups -OCH3 is 2. The third-order valence-electron chi connectivity index (χ3n) is 3.95. The molecule has 0 fully saturated rings. The highest BCUT2D eigenvalue weighted by molar-refractivity contribution is 5.97. The molecule has 3 rings (SSSR count). The van der Waals surface area contributed by atoms with Crippen molar-refractivity contribution >= 4 is 11.8 Å². The highest BCUT2D eigenvalue weighted by Gasteiger charge is 2.14. The fraction of sp³-hybridized carbons (Fsp3) is 0.263. The smallest absolute Gasteiger partial charge is 0.251 e. The van der Waals surface area contributed by atoms with Gasteiger partial charge in [0.2, 0.25) is 12.7 Å². The van der Waals surface area contributed by atoms with E-state index in [1.54, 1.807) is 24.3 Å². The Kier molecular flexibility index (Phi) is 5.65. The number of hydrogen-bond donors (Lipinski definition) is 2. The topological polar surface area (TPSA) is 95.1 Å². The Labute approximate surface area is 156 Å². The molecule has 0 aliphatic carbocycles. The van der Waals surface area contributed by atoms with Gasteiger partial charge in [-0.15, -0.1) is 0 Å². The second kappa shape index (κ2) is 8.31. The number of carbonyl (C=O) groups is 2. The number of hydrogen-bond acceptors (Lipinski definition) is 6. The van der Waals surface area contributed by atoms with Crippen molar-refractivity contribution in [3.8, 4) is 23.0 Å². The molecule has 142 valence electrons. The van der Waals surface area contributed by atoms with Crippen molar-refractivity contribution in [3.05, 3.63) is 47.5 Å². The summed E-state index contributed by atoms with van der Waals surface area (Å²) in [7, 11) is 3.00. The average Bonchev–Trinajstić information content (AvgIpc) is 3.17. The molecular weight excluding hydrogens is 352 g/mol. The molecule has 27 heavy (non-hydrogen) atoms. The Hall–Kier alpha value is -3.42. The zero-order valence-electron chi connectivity index (χ0n) is 15.0. The molecule has 0 bridgehead atoms. The summed E-state index contributed by atoms with van der Waals surface area (Å²) in [5, 5.41) is 5.32. The summed E-state index contributed by atoms with van der Waals surface area (Å²) in [6.45, 7) is 0.369. The molecule has 0 radical (unpaired) electrons. The van der Waals surface area contributed by atoms with Gasteiger partial charge in [-0.3, -0.25) is 9.59 Å². The van der Waals surface area contributed by atoms with Crippen LogP contribution >= 0.6 is 0 Å². The van der Waals surface area contributed by atoms with Crippen LogP contribution in [0.4, 0.5) is 0 Å². The average molecular weight is 372 g/mol. The zero-order valence-corrected chi connectivity index (χ0v) is 15.0. The maximum atomic E-state index is 12.3. The Balaban J connectivity index is 1.51. The monoisotopic (exact) mass is 372 g/mol. The predicted octanol–water partition coefficient (Wildman–Crippen LogP) is 1.48. The van der Waals surface area contributed by atoms with E-state index in [4.69, 9.17) is 18.9 Å². The van der Waals surface area contributed by atoms with Crippen molar-refractivity contribution in [2.45, 2.75) is 6.54 Å². The maximum absolute atomic E-state index is 12.3. The lowest BCUT2D eigenvalue weighted by Crippen LogP contribution is -2.36. The number of rotatable bonds is 7. The molecule has 1 aliphatic heterocycles. The van der Waals surface area contributed by atoms with Crippen LogP contribution in [0.15, 0.2) is 36.4 Å². The fourth-order valence-corrected chi connectivity index (χ4v) is 2.52. The van der Waals surface area contributed by atoms with E-state index in [9.17, 15) is 9.59 Å². The molecule has 8 heteroatoms. The highest BCUT2D eigenvalue weighted by atomic mass is 16.7. The largest absolute Gasteiger partial charge is 0.497 e. The number of nitrogens with one attached hydrogen (secondary N) is 2. The second-order valence-electron chi connectivity index (χ2n) is 5.75. The summed E-state index contributed by atoms with van der Waals surface area (Å²) in [6.07, 6.45) is 0.